The van der Waals surface area contributed by atoms with Crippen LogP contribution in [0.15, 0.2) is 47.4 Å². The van der Waals surface area contributed by atoms with Crippen molar-refractivity contribution >= 4 is 21.6 Å². The number of benzene rings is 2. The van der Waals surface area contributed by atoms with Crippen LogP contribution >= 0.6 is 11.6 Å². The van der Waals surface area contributed by atoms with Crippen LogP contribution in [0.5, 0.6) is 0 Å². The highest BCUT2D eigenvalue weighted by atomic mass is 35.5. The number of nitrogens with one attached hydrogen (secondary N) is 1. The number of hydrogen-bond donors (Lipinski definition) is 1. The summed E-state index contributed by atoms with van der Waals surface area (Å²) in [6, 6.07) is 11.1. The minimum absolute atomic E-state index is 0.0355. The van der Waals surface area contributed by atoms with Crippen molar-refractivity contribution in [3.8, 4) is 0 Å². The maximum absolute atomic E-state index is 13.9. The first-order valence-corrected chi connectivity index (χ1v) is 8.31. The molecular weight excluding hydrogens is 329 g/mol. The van der Waals surface area contributed by atoms with E-state index in [1.54, 1.807) is 19.2 Å². The molecule has 0 heterocycles. The maximum atomic E-state index is 13.9. The van der Waals surface area contributed by atoms with Crippen LogP contribution in [-0.4, -0.2) is 15.5 Å². The van der Waals surface area contributed by atoms with Crippen molar-refractivity contribution in [2.75, 3.05) is 7.11 Å². The Labute approximate surface area is 133 Å². The molecule has 0 saturated heterocycles. The molecule has 0 unspecified atom stereocenters. The van der Waals surface area contributed by atoms with E-state index in [1.807, 2.05) is 12.1 Å². The molecule has 0 bridgehead atoms. The fourth-order valence-corrected chi connectivity index (χ4v) is 3.30. The van der Waals surface area contributed by atoms with Crippen molar-refractivity contribution < 1.29 is 17.5 Å². The molecule has 0 aliphatic heterocycles. The Balaban J connectivity index is 2.22. The Morgan fingerprint density at radius 3 is 2.50 bits per heavy atom. The van der Waals surface area contributed by atoms with Crippen LogP contribution < -0.4 is 4.72 Å². The second-order valence-corrected chi connectivity index (χ2v) is 6.72. The lowest BCUT2D eigenvalue weighted by Crippen LogP contribution is -2.24. The molecular formula is C15H15ClFNO3S. The van der Waals surface area contributed by atoms with Crippen molar-refractivity contribution in [3.63, 3.8) is 0 Å². The topological polar surface area (TPSA) is 55.4 Å². The minimum Gasteiger partial charge on any atom is -0.380 e. The Morgan fingerprint density at radius 2 is 1.82 bits per heavy atom. The summed E-state index contributed by atoms with van der Waals surface area (Å²) < 4.78 is 45.7. The summed E-state index contributed by atoms with van der Waals surface area (Å²) >= 11 is 5.62. The van der Waals surface area contributed by atoms with Crippen molar-refractivity contribution in [1.82, 2.24) is 4.72 Å². The van der Waals surface area contributed by atoms with Crippen molar-refractivity contribution in [2.45, 2.75) is 18.0 Å². The Bertz CT molecular complexity index is 765. The molecule has 0 amide bonds. The normalized spacial score (nSPS) is 11.6. The van der Waals surface area contributed by atoms with Gasteiger partial charge < -0.3 is 4.74 Å². The summed E-state index contributed by atoms with van der Waals surface area (Å²) in [7, 11) is -2.44. The van der Waals surface area contributed by atoms with Gasteiger partial charge in [0.05, 0.1) is 11.6 Å². The standard InChI is InChI=1S/C15H15ClFNO3S/c1-21-10-12-6-3-2-5-11(12)9-18-22(19,20)14-8-4-7-13(16)15(14)17/h2-8,18H,9-10H2,1H3. The summed E-state index contributed by atoms with van der Waals surface area (Å²) in [6.07, 6.45) is 0. The van der Waals surface area contributed by atoms with Gasteiger partial charge in [0.15, 0.2) is 5.82 Å². The highest BCUT2D eigenvalue weighted by Crippen LogP contribution is 2.22. The zero-order valence-electron chi connectivity index (χ0n) is 11.8. The van der Waals surface area contributed by atoms with Gasteiger partial charge in [0, 0.05) is 13.7 Å². The van der Waals surface area contributed by atoms with Gasteiger partial charge in [-0.2, -0.15) is 0 Å². The smallest absolute Gasteiger partial charge is 0.243 e. The molecule has 0 fully saturated rings. The number of ether oxygens (including phenoxy) is 1. The highest BCUT2D eigenvalue weighted by molar-refractivity contribution is 7.89. The molecule has 0 atom stereocenters. The average molecular weight is 344 g/mol. The van der Waals surface area contributed by atoms with Crippen LogP contribution in [-0.2, 0) is 27.9 Å². The van der Waals surface area contributed by atoms with Gasteiger partial charge in [0.1, 0.15) is 4.90 Å². The molecule has 0 spiro atoms. The molecule has 0 radical (unpaired) electrons. The number of halogens is 2. The lowest BCUT2D eigenvalue weighted by atomic mass is 10.1. The van der Waals surface area contributed by atoms with Crippen LogP contribution in [0.4, 0.5) is 4.39 Å². The summed E-state index contributed by atoms with van der Waals surface area (Å²) in [5.41, 5.74) is 1.62. The molecule has 118 valence electrons. The van der Waals surface area contributed by atoms with Gasteiger partial charge >= 0.3 is 0 Å². The van der Waals surface area contributed by atoms with E-state index < -0.39 is 20.7 Å². The van der Waals surface area contributed by atoms with Gasteiger partial charge in [-0.1, -0.05) is 41.9 Å². The van der Waals surface area contributed by atoms with E-state index in [0.717, 1.165) is 11.1 Å². The lowest BCUT2D eigenvalue weighted by Gasteiger charge is -2.11. The summed E-state index contributed by atoms with van der Waals surface area (Å²) in [6.45, 7) is 0.400. The SMILES string of the molecule is COCc1ccccc1CNS(=O)(=O)c1cccc(Cl)c1F. The lowest BCUT2D eigenvalue weighted by molar-refractivity contribution is 0.184. The van der Waals surface area contributed by atoms with E-state index >= 15 is 0 Å². The van der Waals surface area contributed by atoms with Crippen molar-refractivity contribution in [3.05, 3.63) is 64.4 Å². The summed E-state index contributed by atoms with van der Waals surface area (Å²) in [5.74, 6) is -0.957. The Kier molecular flexibility index (Phi) is 5.52. The third-order valence-corrected chi connectivity index (χ3v) is 4.79. The summed E-state index contributed by atoms with van der Waals surface area (Å²) in [5, 5.41) is -0.234. The van der Waals surface area contributed by atoms with Crippen molar-refractivity contribution in [1.29, 1.82) is 0 Å². The van der Waals surface area contributed by atoms with Crippen LogP contribution in [0.1, 0.15) is 11.1 Å². The zero-order valence-corrected chi connectivity index (χ0v) is 13.4. The predicted molar refractivity (Wildman–Crippen MR) is 82.6 cm³/mol. The van der Waals surface area contributed by atoms with Crippen LogP contribution in [0, 0.1) is 5.82 Å². The molecule has 0 aliphatic rings. The maximum Gasteiger partial charge on any atom is 0.243 e. The zero-order chi connectivity index (χ0) is 16.2. The van der Waals surface area contributed by atoms with Gasteiger partial charge in [0.25, 0.3) is 0 Å². The molecule has 0 aromatic heterocycles. The molecule has 0 aliphatic carbocycles. The molecule has 22 heavy (non-hydrogen) atoms. The second-order valence-electron chi connectivity index (χ2n) is 4.58. The average Bonchev–Trinajstić information content (AvgIpc) is 2.49. The van der Waals surface area contributed by atoms with Gasteiger partial charge in [-0.05, 0) is 23.3 Å². The van der Waals surface area contributed by atoms with E-state index in [0.29, 0.717) is 6.61 Å². The largest absolute Gasteiger partial charge is 0.380 e. The van der Waals surface area contributed by atoms with Crippen molar-refractivity contribution in [2.24, 2.45) is 0 Å². The Morgan fingerprint density at radius 1 is 1.14 bits per heavy atom. The molecule has 0 saturated carbocycles. The van der Waals surface area contributed by atoms with Crippen LogP contribution in [0.2, 0.25) is 5.02 Å². The van der Waals surface area contributed by atoms with Gasteiger partial charge in [-0.15, -0.1) is 0 Å². The van der Waals surface area contributed by atoms with E-state index in [2.05, 4.69) is 4.72 Å². The third kappa shape index (κ3) is 3.84. The molecule has 2 rings (SSSR count). The first-order chi connectivity index (χ1) is 10.5. The number of rotatable bonds is 6. The minimum atomic E-state index is -3.99. The van der Waals surface area contributed by atoms with Gasteiger partial charge in [-0.3, -0.25) is 0 Å². The highest BCUT2D eigenvalue weighted by Gasteiger charge is 2.20. The van der Waals surface area contributed by atoms with Crippen LogP contribution in [0.3, 0.4) is 0 Å². The number of hydrogen-bond acceptors (Lipinski definition) is 3. The monoisotopic (exact) mass is 343 g/mol. The van der Waals surface area contributed by atoms with E-state index in [1.165, 1.54) is 18.2 Å². The molecule has 7 heteroatoms. The van der Waals surface area contributed by atoms with Crippen LogP contribution in [0.25, 0.3) is 0 Å². The fourth-order valence-electron chi connectivity index (χ4n) is 1.97. The van der Waals surface area contributed by atoms with E-state index in [-0.39, 0.29) is 11.6 Å². The second kappa shape index (κ2) is 7.19. The summed E-state index contributed by atoms with van der Waals surface area (Å²) in [4.78, 5) is -0.468. The molecule has 2 aromatic rings. The first-order valence-electron chi connectivity index (χ1n) is 6.45. The van der Waals surface area contributed by atoms with E-state index in [9.17, 15) is 12.8 Å². The fraction of sp³-hybridized carbons (Fsp3) is 0.200. The molecule has 4 nitrogen and oxygen atoms in total. The number of sulfonamides is 1. The third-order valence-electron chi connectivity index (χ3n) is 3.08. The quantitative estimate of drug-likeness (QED) is 0.876. The molecule has 2 aromatic carbocycles. The number of methoxy groups -OCH3 is 1. The predicted octanol–water partition coefficient (Wildman–Crippen LogP) is 3.10. The van der Waals surface area contributed by atoms with E-state index in [4.69, 9.17) is 16.3 Å². The first kappa shape index (κ1) is 16.9. The van der Waals surface area contributed by atoms with Gasteiger partial charge in [0.2, 0.25) is 10.0 Å². The Hall–Kier alpha value is -1.47. The molecule has 1 N–H and O–H groups in total. The van der Waals surface area contributed by atoms with Gasteiger partial charge in [-0.25, -0.2) is 17.5 Å².